The Morgan fingerprint density at radius 3 is 2.70 bits per heavy atom. The third-order valence-electron chi connectivity index (χ3n) is 3.20. The molecule has 1 aliphatic rings. The van der Waals surface area contributed by atoms with Gasteiger partial charge >= 0.3 is 0 Å². The van der Waals surface area contributed by atoms with Crippen LogP contribution in [0, 0.1) is 0 Å². The molecular weight excluding hydrogens is 282 g/mol. The van der Waals surface area contributed by atoms with Crippen molar-refractivity contribution in [3.8, 4) is 0 Å². The molecular formula is C13H27NO5S. The lowest BCUT2D eigenvalue weighted by Crippen LogP contribution is -2.37. The molecule has 2 N–H and O–H groups in total. The molecule has 2 unspecified atom stereocenters. The van der Waals surface area contributed by atoms with E-state index in [-0.39, 0.29) is 18.0 Å². The van der Waals surface area contributed by atoms with Gasteiger partial charge in [-0.2, -0.15) is 0 Å². The van der Waals surface area contributed by atoms with Crippen molar-refractivity contribution in [3.63, 3.8) is 0 Å². The van der Waals surface area contributed by atoms with Gasteiger partial charge in [0.25, 0.3) is 0 Å². The van der Waals surface area contributed by atoms with E-state index in [1.54, 1.807) is 0 Å². The summed E-state index contributed by atoms with van der Waals surface area (Å²) in [5.74, 6) is 0.293. The van der Waals surface area contributed by atoms with Crippen molar-refractivity contribution in [2.75, 3.05) is 38.7 Å². The summed E-state index contributed by atoms with van der Waals surface area (Å²) >= 11 is 0. The lowest BCUT2D eigenvalue weighted by atomic mass is 10.2. The molecule has 120 valence electrons. The maximum absolute atomic E-state index is 11.6. The fourth-order valence-electron chi connectivity index (χ4n) is 2.12. The van der Waals surface area contributed by atoms with Gasteiger partial charge < -0.3 is 19.9 Å². The molecule has 0 radical (unpaired) electrons. The Balaban J connectivity index is 2.01. The second-order valence-corrected chi connectivity index (χ2v) is 7.84. The molecule has 0 saturated carbocycles. The summed E-state index contributed by atoms with van der Waals surface area (Å²) in [7, 11) is -2.91. The number of sulfone groups is 1. The average Bonchev–Trinajstić information content (AvgIpc) is 2.68. The van der Waals surface area contributed by atoms with Crippen molar-refractivity contribution in [2.24, 2.45) is 0 Å². The standard InChI is InChI=1S/C13H27NO5S/c1-11(2)19-6-5-18-10-12(15)8-14-9-13-4-3-7-20(13,16)17/h11-15H,3-10H2,1-2H3. The van der Waals surface area contributed by atoms with Gasteiger partial charge in [-0.25, -0.2) is 8.42 Å². The molecule has 6 nitrogen and oxygen atoms in total. The van der Waals surface area contributed by atoms with Crippen LogP contribution in [0.4, 0.5) is 0 Å². The van der Waals surface area contributed by atoms with Gasteiger partial charge in [0, 0.05) is 13.1 Å². The number of aliphatic hydroxyl groups excluding tert-OH is 1. The number of rotatable bonds is 10. The highest BCUT2D eigenvalue weighted by Gasteiger charge is 2.30. The van der Waals surface area contributed by atoms with E-state index >= 15 is 0 Å². The average molecular weight is 309 g/mol. The Kier molecular flexibility index (Phi) is 7.98. The molecule has 1 aliphatic heterocycles. The van der Waals surface area contributed by atoms with Crippen molar-refractivity contribution in [2.45, 2.75) is 44.1 Å². The van der Waals surface area contributed by atoms with Crippen LogP contribution in [-0.2, 0) is 19.3 Å². The minimum atomic E-state index is -2.91. The quantitative estimate of drug-likeness (QED) is 0.551. The monoisotopic (exact) mass is 309 g/mol. The molecule has 0 aromatic carbocycles. The van der Waals surface area contributed by atoms with E-state index in [0.29, 0.717) is 38.5 Å². The van der Waals surface area contributed by atoms with Crippen molar-refractivity contribution in [1.29, 1.82) is 0 Å². The summed E-state index contributed by atoms with van der Waals surface area (Å²) < 4.78 is 33.8. The summed E-state index contributed by atoms with van der Waals surface area (Å²) in [5, 5.41) is 12.4. The number of aliphatic hydroxyl groups is 1. The van der Waals surface area contributed by atoms with E-state index in [4.69, 9.17) is 9.47 Å². The van der Waals surface area contributed by atoms with Crippen molar-refractivity contribution < 1.29 is 23.0 Å². The highest BCUT2D eigenvalue weighted by atomic mass is 32.2. The Morgan fingerprint density at radius 1 is 1.35 bits per heavy atom. The molecule has 0 aromatic heterocycles. The number of hydrogen-bond donors (Lipinski definition) is 2. The normalized spacial score (nSPS) is 23.3. The van der Waals surface area contributed by atoms with E-state index in [1.807, 2.05) is 13.8 Å². The number of nitrogens with one attached hydrogen (secondary N) is 1. The molecule has 0 spiro atoms. The Hall–Kier alpha value is -0.210. The maximum Gasteiger partial charge on any atom is 0.154 e. The summed E-state index contributed by atoms with van der Waals surface area (Å²) in [4.78, 5) is 0. The van der Waals surface area contributed by atoms with Gasteiger partial charge in [0.15, 0.2) is 9.84 Å². The molecule has 0 amide bonds. The minimum Gasteiger partial charge on any atom is -0.389 e. The Labute approximate surface area is 121 Å². The van der Waals surface area contributed by atoms with Gasteiger partial charge in [0.1, 0.15) is 0 Å². The third-order valence-corrected chi connectivity index (χ3v) is 5.48. The first kappa shape index (κ1) is 17.8. The second kappa shape index (κ2) is 8.94. The molecule has 0 aromatic rings. The van der Waals surface area contributed by atoms with E-state index < -0.39 is 15.9 Å². The van der Waals surface area contributed by atoms with Crippen LogP contribution in [0.15, 0.2) is 0 Å². The molecule has 1 fully saturated rings. The minimum absolute atomic E-state index is 0.179. The van der Waals surface area contributed by atoms with Gasteiger partial charge in [-0.3, -0.25) is 0 Å². The predicted octanol–water partition coefficient (Wildman–Crippen LogP) is -0.0443. The van der Waals surface area contributed by atoms with Crippen LogP contribution in [0.2, 0.25) is 0 Å². The SMILES string of the molecule is CC(C)OCCOCC(O)CNCC1CCCS1(=O)=O. The van der Waals surface area contributed by atoms with E-state index in [0.717, 1.165) is 6.42 Å². The maximum atomic E-state index is 11.6. The van der Waals surface area contributed by atoms with Crippen LogP contribution >= 0.6 is 0 Å². The second-order valence-electron chi connectivity index (χ2n) is 5.44. The van der Waals surface area contributed by atoms with Crippen molar-refractivity contribution >= 4 is 9.84 Å². The fraction of sp³-hybridized carbons (Fsp3) is 1.00. The van der Waals surface area contributed by atoms with Crippen LogP contribution in [0.25, 0.3) is 0 Å². The highest BCUT2D eigenvalue weighted by molar-refractivity contribution is 7.92. The van der Waals surface area contributed by atoms with Gasteiger partial charge in [0.05, 0.1) is 43.0 Å². The smallest absolute Gasteiger partial charge is 0.154 e. The summed E-state index contributed by atoms with van der Waals surface area (Å²) in [6, 6.07) is 0. The van der Waals surface area contributed by atoms with Gasteiger partial charge in [-0.05, 0) is 26.7 Å². The highest BCUT2D eigenvalue weighted by Crippen LogP contribution is 2.18. The van der Waals surface area contributed by atoms with Crippen molar-refractivity contribution in [3.05, 3.63) is 0 Å². The fourth-order valence-corrected chi connectivity index (χ4v) is 3.92. The summed E-state index contributed by atoms with van der Waals surface area (Å²) in [5.41, 5.74) is 0. The van der Waals surface area contributed by atoms with Crippen LogP contribution in [0.1, 0.15) is 26.7 Å². The lowest BCUT2D eigenvalue weighted by Gasteiger charge is -2.15. The lowest BCUT2D eigenvalue weighted by molar-refractivity contribution is -0.00990. The predicted molar refractivity (Wildman–Crippen MR) is 77.6 cm³/mol. The molecule has 0 bridgehead atoms. The third kappa shape index (κ3) is 6.99. The molecule has 1 saturated heterocycles. The van der Waals surface area contributed by atoms with Crippen LogP contribution in [0.5, 0.6) is 0 Å². The first-order valence-corrected chi connectivity index (χ1v) is 8.93. The summed E-state index contributed by atoms with van der Waals surface area (Å²) in [6.45, 7) is 5.86. The summed E-state index contributed by atoms with van der Waals surface area (Å²) in [6.07, 6.45) is 1.02. The van der Waals surface area contributed by atoms with Gasteiger partial charge in [0.2, 0.25) is 0 Å². The van der Waals surface area contributed by atoms with Crippen LogP contribution < -0.4 is 5.32 Å². The Morgan fingerprint density at radius 2 is 2.10 bits per heavy atom. The Bertz CT molecular complexity index is 358. The van der Waals surface area contributed by atoms with Gasteiger partial charge in [-0.1, -0.05) is 0 Å². The van der Waals surface area contributed by atoms with E-state index in [9.17, 15) is 13.5 Å². The zero-order valence-electron chi connectivity index (χ0n) is 12.4. The molecule has 20 heavy (non-hydrogen) atoms. The molecule has 7 heteroatoms. The molecule has 1 heterocycles. The van der Waals surface area contributed by atoms with Crippen molar-refractivity contribution in [1.82, 2.24) is 5.32 Å². The zero-order valence-corrected chi connectivity index (χ0v) is 13.2. The zero-order chi connectivity index (χ0) is 15.0. The van der Waals surface area contributed by atoms with Gasteiger partial charge in [-0.15, -0.1) is 0 Å². The molecule has 2 atom stereocenters. The molecule has 1 rings (SSSR count). The molecule has 0 aliphatic carbocycles. The van der Waals surface area contributed by atoms with E-state index in [2.05, 4.69) is 5.32 Å². The largest absolute Gasteiger partial charge is 0.389 e. The topological polar surface area (TPSA) is 84.9 Å². The first-order valence-electron chi connectivity index (χ1n) is 7.21. The van der Waals surface area contributed by atoms with Crippen LogP contribution in [0.3, 0.4) is 0 Å². The first-order chi connectivity index (χ1) is 9.42. The number of hydrogen-bond acceptors (Lipinski definition) is 6. The number of ether oxygens (including phenoxy) is 2. The van der Waals surface area contributed by atoms with Crippen LogP contribution in [-0.4, -0.2) is 69.6 Å². The van der Waals surface area contributed by atoms with E-state index in [1.165, 1.54) is 0 Å².